The van der Waals surface area contributed by atoms with Crippen molar-refractivity contribution in [3.63, 3.8) is 0 Å². The van der Waals surface area contributed by atoms with Gasteiger partial charge in [0, 0.05) is 30.5 Å². The molecule has 0 saturated heterocycles. The van der Waals surface area contributed by atoms with Gasteiger partial charge in [-0.05, 0) is 6.26 Å². The maximum atomic E-state index is 5.41. The molecule has 0 saturated carbocycles. The second kappa shape index (κ2) is 8.17. The lowest BCUT2D eigenvalue weighted by Gasteiger charge is -2.16. The van der Waals surface area contributed by atoms with Crippen LogP contribution in [0.4, 0.5) is 0 Å². The van der Waals surface area contributed by atoms with Crippen LogP contribution in [0.3, 0.4) is 0 Å². The first-order valence-electron chi connectivity index (χ1n) is 6.18. The Bertz CT molecular complexity index is 373. The minimum absolute atomic E-state index is 0.579. The average Bonchev–Trinajstić information content (AvgIpc) is 2.46. The van der Waals surface area contributed by atoms with Gasteiger partial charge in [-0.2, -0.15) is 11.8 Å². The molecule has 1 aromatic rings. The Kier molecular flexibility index (Phi) is 6.87. The summed E-state index contributed by atoms with van der Waals surface area (Å²) in [4.78, 5) is 0. The highest BCUT2D eigenvalue weighted by atomic mass is 32.2. The molecule has 19 heavy (non-hydrogen) atoms. The highest BCUT2D eigenvalue weighted by molar-refractivity contribution is 7.99. The van der Waals surface area contributed by atoms with Gasteiger partial charge in [0.25, 0.3) is 0 Å². The molecule has 0 aliphatic carbocycles. The first-order valence-corrected chi connectivity index (χ1v) is 7.47. The number of ether oxygens (including phenoxy) is 3. The number of nitrogens with one attached hydrogen (secondary N) is 1. The average molecular weight is 285 g/mol. The molecule has 1 aromatic carbocycles. The molecular weight excluding hydrogens is 262 g/mol. The number of hydrogen-bond donors (Lipinski definition) is 1. The van der Waals surface area contributed by atoms with E-state index in [0.717, 1.165) is 29.4 Å². The molecule has 0 radical (unpaired) electrons. The van der Waals surface area contributed by atoms with Crippen LogP contribution >= 0.6 is 11.8 Å². The molecule has 0 spiro atoms. The highest BCUT2D eigenvalue weighted by Gasteiger charge is 2.13. The lowest BCUT2D eigenvalue weighted by atomic mass is 10.1. The summed E-state index contributed by atoms with van der Waals surface area (Å²) in [5, 5.41) is 4.00. The molecule has 1 atom stereocenters. The lowest BCUT2D eigenvalue weighted by Crippen LogP contribution is -2.22. The zero-order valence-corrected chi connectivity index (χ0v) is 13.1. The summed E-state index contributed by atoms with van der Waals surface area (Å²) in [5.74, 6) is 2.29. The van der Waals surface area contributed by atoms with Crippen LogP contribution in [0.2, 0.25) is 0 Å². The summed E-state index contributed by atoms with van der Waals surface area (Å²) in [6, 6.07) is 3.75. The molecule has 1 unspecified atom stereocenters. The van der Waals surface area contributed by atoms with Gasteiger partial charge < -0.3 is 19.5 Å². The summed E-state index contributed by atoms with van der Waals surface area (Å²) < 4.78 is 16.0. The number of hydrogen-bond acceptors (Lipinski definition) is 5. The highest BCUT2D eigenvalue weighted by Crippen LogP contribution is 2.33. The van der Waals surface area contributed by atoms with Gasteiger partial charge >= 0.3 is 0 Å². The molecule has 108 valence electrons. The van der Waals surface area contributed by atoms with E-state index >= 15 is 0 Å². The maximum absolute atomic E-state index is 5.41. The van der Waals surface area contributed by atoms with Crippen LogP contribution < -0.4 is 19.5 Å². The predicted molar refractivity (Wildman–Crippen MR) is 80.8 cm³/mol. The summed E-state index contributed by atoms with van der Waals surface area (Å²) in [6.07, 6.45) is 2.11. The number of methoxy groups -OCH3 is 3. The van der Waals surface area contributed by atoms with Crippen LogP contribution in [0.25, 0.3) is 0 Å². The summed E-state index contributed by atoms with van der Waals surface area (Å²) in [5.41, 5.74) is 1.01. The molecule has 0 aliphatic heterocycles. The molecule has 0 aliphatic rings. The Morgan fingerprint density at radius 3 is 2.11 bits per heavy atom. The summed E-state index contributed by atoms with van der Waals surface area (Å²) >= 11 is 1.84. The van der Waals surface area contributed by atoms with Crippen LogP contribution in [0, 0.1) is 0 Å². The normalized spacial score (nSPS) is 12.1. The van der Waals surface area contributed by atoms with E-state index < -0.39 is 0 Å². The van der Waals surface area contributed by atoms with Gasteiger partial charge in [0.1, 0.15) is 17.2 Å². The van der Waals surface area contributed by atoms with Gasteiger partial charge in [0.2, 0.25) is 0 Å². The fourth-order valence-corrected chi connectivity index (χ4v) is 2.02. The van der Waals surface area contributed by atoms with Crippen LogP contribution in [-0.2, 0) is 6.54 Å². The van der Waals surface area contributed by atoms with Gasteiger partial charge in [-0.1, -0.05) is 6.92 Å². The molecule has 0 amide bonds. The summed E-state index contributed by atoms with van der Waals surface area (Å²) in [6.45, 7) is 3.85. The van der Waals surface area contributed by atoms with Gasteiger partial charge in [-0.15, -0.1) is 0 Å². The quantitative estimate of drug-likeness (QED) is 0.795. The van der Waals surface area contributed by atoms with E-state index in [-0.39, 0.29) is 0 Å². The molecule has 1 N–H and O–H groups in total. The van der Waals surface area contributed by atoms with Crippen LogP contribution in [0.1, 0.15) is 12.5 Å². The van der Waals surface area contributed by atoms with Crippen molar-refractivity contribution in [2.24, 2.45) is 0 Å². The smallest absolute Gasteiger partial charge is 0.130 e. The topological polar surface area (TPSA) is 39.7 Å². The van der Waals surface area contributed by atoms with E-state index in [4.69, 9.17) is 14.2 Å². The van der Waals surface area contributed by atoms with Crippen molar-refractivity contribution in [2.45, 2.75) is 18.7 Å². The standard InChI is InChI=1S/C14H23NO3S/c1-10(19-5)8-15-9-12-13(17-3)6-11(16-2)7-14(12)18-4/h6-7,10,15H,8-9H2,1-5H3. The Morgan fingerprint density at radius 1 is 1.11 bits per heavy atom. The van der Waals surface area contributed by atoms with E-state index in [9.17, 15) is 0 Å². The molecule has 0 heterocycles. The molecule has 4 nitrogen and oxygen atoms in total. The van der Waals surface area contributed by atoms with Crippen molar-refractivity contribution in [3.05, 3.63) is 17.7 Å². The number of thioether (sulfide) groups is 1. The Morgan fingerprint density at radius 2 is 1.68 bits per heavy atom. The van der Waals surface area contributed by atoms with Gasteiger partial charge in [-0.25, -0.2) is 0 Å². The fraction of sp³-hybridized carbons (Fsp3) is 0.571. The largest absolute Gasteiger partial charge is 0.496 e. The lowest BCUT2D eigenvalue weighted by molar-refractivity contribution is 0.366. The first kappa shape index (κ1) is 16.0. The Hall–Kier alpha value is -1.07. The zero-order chi connectivity index (χ0) is 14.3. The number of rotatable bonds is 8. The van der Waals surface area contributed by atoms with Gasteiger partial charge in [0.05, 0.1) is 26.9 Å². The van der Waals surface area contributed by atoms with Gasteiger partial charge in [-0.3, -0.25) is 0 Å². The Labute approximate surface area is 119 Å². The van der Waals surface area contributed by atoms with Gasteiger partial charge in [0.15, 0.2) is 0 Å². The summed E-state index contributed by atoms with van der Waals surface area (Å²) in [7, 11) is 4.94. The molecule has 0 bridgehead atoms. The van der Waals surface area contributed by atoms with Crippen molar-refractivity contribution < 1.29 is 14.2 Å². The molecule has 1 rings (SSSR count). The fourth-order valence-electron chi connectivity index (χ4n) is 1.74. The van der Waals surface area contributed by atoms with E-state index in [1.165, 1.54) is 0 Å². The maximum Gasteiger partial charge on any atom is 0.130 e. The molecule has 0 aromatic heterocycles. The van der Waals surface area contributed by atoms with E-state index in [2.05, 4.69) is 18.5 Å². The monoisotopic (exact) mass is 285 g/mol. The SMILES string of the molecule is COc1cc(OC)c(CNCC(C)SC)c(OC)c1. The minimum atomic E-state index is 0.579. The molecule has 0 fully saturated rings. The van der Waals surface area contributed by atoms with Crippen molar-refractivity contribution in [3.8, 4) is 17.2 Å². The molecular formula is C14H23NO3S. The predicted octanol–water partition coefficient (Wildman–Crippen LogP) is 2.55. The van der Waals surface area contributed by atoms with E-state index in [0.29, 0.717) is 11.8 Å². The first-order chi connectivity index (χ1) is 9.15. The second-order valence-corrected chi connectivity index (χ2v) is 5.46. The third-order valence-electron chi connectivity index (χ3n) is 2.95. The van der Waals surface area contributed by atoms with Crippen molar-refractivity contribution in [1.82, 2.24) is 5.32 Å². The second-order valence-electron chi connectivity index (χ2n) is 4.19. The van der Waals surface area contributed by atoms with E-state index in [1.54, 1.807) is 21.3 Å². The van der Waals surface area contributed by atoms with Crippen LogP contribution in [0.5, 0.6) is 17.2 Å². The third kappa shape index (κ3) is 4.51. The van der Waals surface area contributed by atoms with Crippen LogP contribution in [-0.4, -0.2) is 39.4 Å². The Balaban J connectivity index is 2.85. The van der Waals surface area contributed by atoms with Crippen molar-refractivity contribution in [2.75, 3.05) is 34.1 Å². The zero-order valence-electron chi connectivity index (χ0n) is 12.3. The van der Waals surface area contributed by atoms with E-state index in [1.807, 2.05) is 23.9 Å². The minimum Gasteiger partial charge on any atom is -0.496 e. The van der Waals surface area contributed by atoms with Crippen molar-refractivity contribution in [1.29, 1.82) is 0 Å². The van der Waals surface area contributed by atoms with Crippen molar-refractivity contribution >= 4 is 11.8 Å². The van der Waals surface area contributed by atoms with Crippen LogP contribution in [0.15, 0.2) is 12.1 Å². The number of benzene rings is 1. The third-order valence-corrected chi connectivity index (χ3v) is 3.92. The molecule has 5 heteroatoms.